The van der Waals surface area contributed by atoms with Gasteiger partial charge >= 0.3 is 6.18 Å². The summed E-state index contributed by atoms with van der Waals surface area (Å²) < 4.78 is 50.9. The van der Waals surface area contributed by atoms with Crippen LogP contribution in [0.5, 0.6) is 5.75 Å². The molecule has 1 saturated heterocycles. The van der Waals surface area contributed by atoms with E-state index in [1.54, 1.807) is 30.3 Å². The quantitative estimate of drug-likeness (QED) is 0.126. The molecule has 6 unspecified atom stereocenters. The van der Waals surface area contributed by atoms with Crippen molar-refractivity contribution in [3.8, 4) is 5.75 Å². The van der Waals surface area contributed by atoms with Crippen molar-refractivity contribution in [2.45, 2.75) is 49.5 Å². The smallest absolute Gasteiger partial charge is 0.416 e. The van der Waals surface area contributed by atoms with Crippen molar-refractivity contribution in [1.29, 1.82) is 5.41 Å². The van der Waals surface area contributed by atoms with Crippen LogP contribution in [0.3, 0.4) is 0 Å². The number of alkyl halides is 3. The third-order valence-electron chi connectivity index (χ3n) is 6.79. The average molecular weight is 605 g/mol. The van der Waals surface area contributed by atoms with Gasteiger partial charge < -0.3 is 46.3 Å². The molecule has 1 heterocycles. The average Bonchev–Trinajstić information content (AvgIpc) is 2.99. The topological polar surface area (TPSA) is 190 Å². The summed E-state index contributed by atoms with van der Waals surface area (Å²) >= 11 is 0. The lowest BCUT2D eigenvalue weighted by Gasteiger charge is -2.39. The first-order chi connectivity index (χ1) is 20.4. The molecule has 1 aliphatic heterocycles. The molecule has 3 aromatic rings. The molecular weight excluding hydrogens is 573 g/mol. The Bertz CT molecular complexity index is 1440. The second-order valence-electron chi connectivity index (χ2n) is 9.84. The number of ether oxygens (including phenoxy) is 2. The summed E-state index contributed by atoms with van der Waals surface area (Å²) in [5, 5.41) is 53.7. The molecule has 11 nitrogen and oxygen atoms in total. The maximum Gasteiger partial charge on any atom is 0.416 e. The number of aliphatic hydroxyl groups excluding tert-OH is 4. The summed E-state index contributed by atoms with van der Waals surface area (Å²) in [5.41, 5.74) is 5.87. The van der Waals surface area contributed by atoms with Crippen LogP contribution in [0.4, 0.5) is 18.9 Å². The molecule has 14 heteroatoms. The summed E-state index contributed by atoms with van der Waals surface area (Å²) in [6, 6.07) is 15.7. The van der Waals surface area contributed by atoms with Gasteiger partial charge in [-0.2, -0.15) is 13.2 Å². The van der Waals surface area contributed by atoms with Crippen LogP contribution >= 0.6 is 0 Å². The Morgan fingerprint density at radius 1 is 1.00 bits per heavy atom. The number of amides is 1. The molecule has 1 aliphatic rings. The van der Waals surface area contributed by atoms with Gasteiger partial charge in [-0.15, -0.1) is 0 Å². The molecule has 43 heavy (non-hydrogen) atoms. The molecular formula is C29H31F3N4O7. The fourth-order valence-corrected chi connectivity index (χ4v) is 4.49. The van der Waals surface area contributed by atoms with Gasteiger partial charge in [0.05, 0.1) is 12.2 Å². The van der Waals surface area contributed by atoms with Crippen LogP contribution in [0.2, 0.25) is 0 Å². The molecule has 230 valence electrons. The molecule has 0 radical (unpaired) electrons. The number of benzene rings is 3. The maximum atomic E-state index is 13.6. The molecule has 0 saturated carbocycles. The Balaban J connectivity index is 1.65. The first-order valence-corrected chi connectivity index (χ1v) is 13.1. The Labute approximate surface area is 244 Å². The SMILES string of the molecule is N=C(N)c1cccc(NC(C(=O)NCc2cccc(C(F)(F)F)c2)c2ccccc2OC2OC(CO)C(O)C(O)C2O)c1. The number of hydrogen-bond acceptors (Lipinski definition) is 9. The fourth-order valence-electron chi connectivity index (χ4n) is 4.49. The first kappa shape index (κ1) is 31.7. The van der Waals surface area contributed by atoms with Gasteiger partial charge in [0.2, 0.25) is 12.2 Å². The van der Waals surface area contributed by atoms with E-state index in [0.29, 0.717) is 11.3 Å². The lowest BCUT2D eigenvalue weighted by molar-refractivity contribution is -0.277. The molecule has 1 amide bonds. The second-order valence-corrected chi connectivity index (χ2v) is 9.84. The molecule has 0 aromatic heterocycles. The highest BCUT2D eigenvalue weighted by Gasteiger charge is 2.45. The number of rotatable bonds is 10. The number of anilines is 1. The molecule has 1 fully saturated rings. The summed E-state index contributed by atoms with van der Waals surface area (Å²) in [6.07, 6.45) is -12.4. The number of amidine groups is 1. The predicted molar refractivity (Wildman–Crippen MR) is 148 cm³/mol. The number of halogens is 3. The fraction of sp³-hybridized carbons (Fsp3) is 0.310. The van der Waals surface area contributed by atoms with Gasteiger partial charge in [-0.3, -0.25) is 10.2 Å². The van der Waals surface area contributed by atoms with Crippen LogP contribution < -0.4 is 21.1 Å². The predicted octanol–water partition coefficient (Wildman–Crippen LogP) is 1.64. The third-order valence-corrected chi connectivity index (χ3v) is 6.79. The van der Waals surface area contributed by atoms with Crippen molar-refractivity contribution in [3.63, 3.8) is 0 Å². The van der Waals surface area contributed by atoms with Gasteiger partial charge in [0, 0.05) is 23.4 Å². The van der Waals surface area contributed by atoms with Crippen LogP contribution in [-0.4, -0.2) is 69.5 Å². The monoisotopic (exact) mass is 604 g/mol. The largest absolute Gasteiger partial charge is 0.462 e. The van der Waals surface area contributed by atoms with E-state index in [0.717, 1.165) is 12.1 Å². The Morgan fingerprint density at radius 3 is 2.42 bits per heavy atom. The highest BCUT2D eigenvalue weighted by Crippen LogP contribution is 2.33. The second kappa shape index (κ2) is 13.4. The molecule has 9 N–H and O–H groups in total. The third kappa shape index (κ3) is 7.60. The molecule has 0 bridgehead atoms. The number of nitrogens with two attached hydrogens (primary N) is 1. The van der Waals surface area contributed by atoms with E-state index in [4.69, 9.17) is 20.6 Å². The number of hydrogen-bond donors (Lipinski definition) is 8. The van der Waals surface area contributed by atoms with Crippen LogP contribution in [0.15, 0.2) is 72.8 Å². The van der Waals surface area contributed by atoms with Crippen molar-refractivity contribution < 1.29 is 47.9 Å². The summed E-state index contributed by atoms with van der Waals surface area (Å²) in [7, 11) is 0. The van der Waals surface area contributed by atoms with E-state index in [9.17, 15) is 38.4 Å². The van der Waals surface area contributed by atoms with E-state index >= 15 is 0 Å². The maximum absolute atomic E-state index is 13.6. The lowest BCUT2D eigenvalue weighted by Crippen LogP contribution is -2.60. The summed E-state index contributed by atoms with van der Waals surface area (Å²) in [4.78, 5) is 13.6. The van der Waals surface area contributed by atoms with E-state index in [1.807, 2.05) is 0 Å². The van der Waals surface area contributed by atoms with Gasteiger partial charge in [0.25, 0.3) is 0 Å². The summed E-state index contributed by atoms with van der Waals surface area (Å²) in [6.45, 7) is -0.925. The Hall–Kier alpha value is -4.21. The minimum atomic E-state index is -4.56. The van der Waals surface area contributed by atoms with Gasteiger partial charge in [-0.05, 0) is 35.9 Å². The van der Waals surface area contributed by atoms with Crippen LogP contribution in [0.25, 0.3) is 0 Å². The lowest BCUT2D eigenvalue weighted by atomic mass is 9.99. The number of carbonyl (C=O) groups excluding carboxylic acids is 1. The van der Waals surface area contributed by atoms with E-state index in [2.05, 4.69) is 10.6 Å². The zero-order valence-electron chi connectivity index (χ0n) is 22.5. The number of aliphatic hydroxyl groups is 4. The molecule has 6 atom stereocenters. The number of nitrogen functional groups attached to an aromatic ring is 1. The number of para-hydroxylation sites is 1. The minimum absolute atomic E-state index is 0.0151. The van der Waals surface area contributed by atoms with Crippen LogP contribution in [0, 0.1) is 5.41 Å². The van der Waals surface area contributed by atoms with E-state index in [-0.39, 0.29) is 29.3 Å². The van der Waals surface area contributed by atoms with Gasteiger partial charge in [-0.1, -0.05) is 42.5 Å². The number of nitrogens with one attached hydrogen (secondary N) is 3. The normalized spacial score (nSPS) is 22.8. The van der Waals surface area contributed by atoms with E-state index < -0.39 is 61.0 Å². The van der Waals surface area contributed by atoms with Crippen LogP contribution in [-0.2, 0) is 22.3 Å². The van der Waals surface area contributed by atoms with Crippen molar-refractivity contribution in [2.24, 2.45) is 5.73 Å². The Kier molecular flexibility index (Phi) is 9.88. The Morgan fingerprint density at radius 2 is 1.72 bits per heavy atom. The zero-order valence-corrected chi connectivity index (χ0v) is 22.5. The van der Waals surface area contributed by atoms with Crippen molar-refractivity contribution in [2.75, 3.05) is 11.9 Å². The van der Waals surface area contributed by atoms with E-state index in [1.165, 1.54) is 30.3 Å². The van der Waals surface area contributed by atoms with Gasteiger partial charge in [0.1, 0.15) is 42.0 Å². The number of carbonyl (C=O) groups is 1. The molecule has 3 aromatic carbocycles. The minimum Gasteiger partial charge on any atom is -0.462 e. The summed E-state index contributed by atoms with van der Waals surface area (Å²) in [5.74, 6) is -0.877. The van der Waals surface area contributed by atoms with Gasteiger partial charge in [0.15, 0.2) is 0 Å². The first-order valence-electron chi connectivity index (χ1n) is 13.1. The van der Waals surface area contributed by atoms with Crippen LogP contribution in [0.1, 0.15) is 28.3 Å². The van der Waals surface area contributed by atoms with Crippen molar-refractivity contribution >= 4 is 17.4 Å². The zero-order chi connectivity index (χ0) is 31.3. The van der Waals surface area contributed by atoms with Crippen molar-refractivity contribution in [1.82, 2.24) is 5.32 Å². The molecule has 0 spiro atoms. The standard InChI is InChI=1S/C29H31F3N4O7/c30-29(31,32)17-7-3-5-15(11-17)13-35-27(41)22(36-18-8-4-6-16(12-18)26(33)34)19-9-1-2-10-20(19)42-28-25(40)24(39)23(38)21(14-37)43-28/h1-12,21-25,28,36-40H,13-14H2,(H3,33,34)(H,35,41). The molecule has 0 aliphatic carbocycles. The highest BCUT2D eigenvalue weighted by molar-refractivity contribution is 5.96. The van der Waals surface area contributed by atoms with Crippen molar-refractivity contribution in [3.05, 3.63) is 95.1 Å². The highest BCUT2D eigenvalue weighted by atomic mass is 19.4. The van der Waals surface area contributed by atoms with Gasteiger partial charge in [-0.25, -0.2) is 0 Å². The molecule has 4 rings (SSSR count).